The van der Waals surface area contributed by atoms with Gasteiger partial charge in [0.1, 0.15) is 0 Å². The molecular weight excluding hydrogens is 785 g/mol. The molecule has 1 heterocycles. The monoisotopic (exact) mass is 834 g/mol. The number of rotatable bonds is 9. The third-order valence-electron chi connectivity index (χ3n) is 14.0. The molecule has 10 aromatic carbocycles. The average Bonchev–Trinajstić information content (AvgIpc) is 3.72. The third-order valence-corrected chi connectivity index (χ3v) is 14.0. The summed E-state index contributed by atoms with van der Waals surface area (Å²) in [5.41, 5.74) is 16.2. The van der Waals surface area contributed by atoms with Crippen molar-refractivity contribution in [1.29, 1.82) is 0 Å². The smallest absolute Gasteiger partial charge is 0.0547 e. The predicted octanol–water partition coefficient (Wildman–Crippen LogP) is 17.5. The Labute approximate surface area is 381 Å². The zero-order chi connectivity index (χ0) is 43.1. The van der Waals surface area contributed by atoms with Crippen LogP contribution in [0.5, 0.6) is 0 Å². The van der Waals surface area contributed by atoms with Crippen LogP contribution in [0.4, 0.5) is 11.4 Å². The van der Waals surface area contributed by atoms with Crippen LogP contribution in [0.25, 0.3) is 82.4 Å². The van der Waals surface area contributed by atoms with Gasteiger partial charge in [-0.3, -0.25) is 0 Å². The molecule has 0 saturated heterocycles. The molecule has 0 bridgehead atoms. The molecule has 0 spiro atoms. The first kappa shape index (κ1) is 39.0. The Morgan fingerprint density at radius 1 is 0.415 bits per heavy atom. The first-order valence-corrected chi connectivity index (χ1v) is 23.4. The number of nitrogens with zero attached hydrogens (tertiary/aromatic N) is 2. The first-order valence-electron chi connectivity index (χ1n) is 23.4. The van der Waals surface area contributed by atoms with Crippen molar-refractivity contribution in [1.82, 2.24) is 4.57 Å². The minimum atomic E-state index is 0.592. The van der Waals surface area contributed by atoms with Crippen molar-refractivity contribution in [3.8, 4) is 39.1 Å². The van der Waals surface area contributed by atoms with E-state index in [2.05, 4.69) is 234 Å². The van der Waals surface area contributed by atoms with Gasteiger partial charge in [0.15, 0.2) is 0 Å². The fourth-order valence-corrected chi connectivity index (χ4v) is 10.9. The number of aromatic nitrogens is 1. The maximum Gasteiger partial charge on any atom is 0.0547 e. The summed E-state index contributed by atoms with van der Waals surface area (Å²) in [6.45, 7) is 0.700. The van der Waals surface area contributed by atoms with Gasteiger partial charge in [0, 0.05) is 39.9 Å². The van der Waals surface area contributed by atoms with E-state index >= 15 is 0 Å². The molecule has 1 fully saturated rings. The van der Waals surface area contributed by atoms with Gasteiger partial charge in [0.25, 0.3) is 0 Å². The van der Waals surface area contributed by atoms with Crippen molar-refractivity contribution in [2.45, 2.75) is 44.6 Å². The molecule has 0 amide bonds. The van der Waals surface area contributed by atoms with Gasteiger partial charge in [-0.1, -0.05) is 195 Å². The molecule has 11 aromatic rings. The maximum absolute atomic E-state index is 2.54. The molecule has 2 nitrogen and oxygen atoms in total. The van der Waals surface area contributed by atoms with E-state index < -0.39 is 0 Å². The summed E-state index contributed by atoms with van der Waals surface area (Å²) in [4.78, 5) is 2.54. The van der Waals surface area contributed by atoms with Gasteiger partial charge >= 0.3 is 0 Å². The Hall–Kier alpha value is -7.68. The highest BCUT2D eigenvalue weighted by Gasteiger charge is 2.23. The van der Waals surface area contributed by atoms with Crippen molar-refractivity contribution in [2.75, 3.05) is 4.90 Å². The second kappa shape index (κ2) is 16.8. The molecule has 0 atom stereocenters. The molecule has 0 N–H and O–H groups in total. The van der Waals surface area contributed by atoms with Crippen LogP contribution in [0.2, 0.25) is 0 Å². The number of para-hydroxylation sites is 3. The van der Waals surface area contributed by atoms with Crippen LogP contribution < -0.4 is 4.90 Å². The lowest BCUT2D eigenvalue weighted by Crippen LogP contribution is -2.17. The largest absolute Gasteiger partial charge is 0.336 e. The second-order valence-corrected chi connectivity index (χ2v) is 17.9. The quantitative estimate of drug-likeness (QED) is 0.141. The van der Waals surface area contributed by atoms with Gasteiger partial charge in [-0.05, 0) is 128 Å². The number of fused-ring (bicyclic) bond motifs is 5. The van der Waals surface area contributed by atoms with Crippen molar-refractivity contribution >= 4 is 54.7 Å². The zero-order valence-electron chi connectivity index (χ0n) is 36.6. The third kappa shape index (κ3) is 7.16. The van der Waals surface area contributed by atoms with E-state index in [1.807, 2.05) is 0 Å². The predicted molar refractivity (Wildman–Crippen MR) is 277 cm³/mol. The molecule has 2 heteroatoms. The van der Waals surface area contributed by atoms with Crippen molar-refractivity contribution in [2.24, 2.45) is 0 Å². The maximum atomic E-state index is 2.54. The molecule has 1 aliphatic carbocycles. The molecule has 12 rings (SSSR count). The Kier molecular flexibility index (Phi) is 10.1. The van der Waals surface area contributed by atoms with Gasteiger partial charge in [0.2, 0.25) is 0 Å². The molecule has 0 unspecified atom stereocenters. The normalized spacial score (nSPS) is 13.2. The Bertz CT molecular complexity index is 3490. The van der Waals surface area contributed by atoms with E-state index in [1.165, 1.54) is 131 Å². The fraction of sp³-hybridized carbons (Fsp3) is 0.111. The summed E-state index contributed by atoms with van der Waals surface area (Å²) in [5.74, 6) is 0.592. The molecule has 0 aliphatic heterocycles. The molecule has 65 heavy (non-hydrogen) atoms. The number of hydrogen-bond donors (Lipinski definition) is 0. The van der Waals surface area contributed by atoms with Crippen molar-refractivity contribution in [3.63, 3.8) is 0 Å². The van der Waals surface area contributed by atoms with E-state index in [9.17, 15) is 0 Å². The van der Waals surface area contributed by atoms with Gasteiger partial charge in [-0.15, -0.1) is 0 Å². The van der Waals surface area contributed by atoms with Crippen LogP contribution in [0.3, 0.4) is 0 Å². The van der Waals surface area contributed by atoms with Crippen LogP contribution in [-0.4, -0.2) is 4.57 Å². The van der Waals surface area contributed by atoms with Crippen LogP contribution in [-0.2, 0) is 6.54 Å². The van der Waals surface area contributed by atoms with Gasteiger partial charge in [-0.2, -0.15) is 0 Å². The van der Waals surface area contributed by atoms with Crippen LogP contribution in [0.1, 0.15) is 49.1 Å². The molecular formula is C63H50N2. The lowest BCUT2D eigenvalue weighted by atomic mass is 9.80. The summed E-state index contributed by atoms with van der Waals surface area (Å²) < 4.78 is 2.41. The van der Waals surface area contributed by atoms with E-state index in [0.29, 0.717) is 12.5 Å². The van der Waals surface area contributed by atoms with Crippen LogP contribution in [0.15, 0.2) is 224 Å². The fourth-order valence-electron chi connectivity index (χ4n) is 10.9. The first-order chi connectivity index (χ1) is 32.2. The number of benzene rings is 10. The molecule has 1 aromatic heterocycles. The summed E-state index contributed by atoms with van der Waals surface area (Å²) in [6.07, 6.45) is 6.50. The highest BCUT2D eigenvalue weighted by molar-refractivity contribution is 6.10. The topological polar surface area (TPSA) is 8.17 Å². The summed E-state index contributed by atoms with van der Waals surface area (Å²) in [7, 11) is 0. The number of anilines is 2. The summed E-state index contributed by atoms with van der Waals surface area (Å²) in [5, 5.41) is 7.79. The highest BCUT2D eigenvalue weighted by Crippen LogP contribution is 2.45. The SMILES string of the molecule is c1ccc(-n2c3ccccc3c3ccc(-c4cccc(CN(c5ccc(-c6cccc7ccccc67)cc5)c5ccccc5-c5cccc6cccc(C7CCCCC7)c56)c4)cc32)cc1. The zero-order valence-corrected chi connectivity index (χ0v) is 36.6. The Morgan fingerprint density at radius 3 is 1.91 bits per heavy atom. The van der Waals surface area contributed by atoms with Gasteiger partial charge in [-0.25, -0.2) is 0 Å². The second-order valence-electron chi connectivity index (χ2n) is 17.9. The van der Waals surface area contributed by atoms with E-state index in [-0.39, 0.29) is 0 Å². The highest BCUT2D eigenvalue weighted by atomic mass is 15.1. The van der Waals surface area contributed by atoms with Crippen molar-refractivity contribution < 1.29 is 0 Å². The molecule has 1 saturated carbocycles. The minimum Gasteiger partial charge on any atom is -0.336 e. The summed E-state index contributed by atoms with van der Waals surface area (Å²) in [6, 6.07) is 83.3. The lowest BCUT2D eigenvalue weighted by Gasteiger charge is -2.29. The molecule has 312 valence electrons. The van der Waals surface area contributed by atoms with E-state index in [1.54, 1.807) is 0 Å². The average molecular weight is 835 g/mol. The van der Waals surface area contributed by atoms with Gasteiger partial charge < -0.3 is 9.47 Å². The van der Waals surface area contributed by atoms with Crippen molar-refractivity contribution in [3.05, 3.63) is 236 Å². The number of hydrogen-bond acceptors (Lipinski definition) is 1. The Balaban J connectivity index is 0.988. The molecule has 0 radical (unpaired) electrons. The standard InChI is InChI=1S/C63H50N2/c1-3-18-46(19-4-1)55-31-15-22-48-23-16-32-59(63(48)55)57-29-9-11-33-60(57)64(51-38-35-47(36-39-51)54-30-14-21-45-20-7-8-27-53(45)54)43-44-17-13-24-49(41-44)50-37-40-58-56-28-10-12-34-61(56)65(62(58)42-50)52-25-5-2-6-26-52/h2,5-17,20-42,46H,1,3-4,18-19,43H2. The van der Waals surface area contributed by atoms with Crippen LogP contribution >= 0.6 is 0 Å². The Morgan fingerprint density at radius 2 is 1.05 bits per heavy atom. The van der Waals surface area contributed by atoms with E-state index in [4.69, 9.17) is 0 Å². The van der Waals surface area contributed by atoms with E-state index in [0.717, 1.165) is 5.69 Å². The summed E-state index contributed by atoms with van der Waals surface area (Å²) >= 11 is 0. The minimum absolute atomic E-state index is 0.592. The molecule has 1 aliphatic rings. The van der Waals surface area contributed by atoms with Crippen LogP contribution in [0, 0.1) is 0 Å². The van der Waals surface area contributed by atoms with Gasteiger partial charge in [0.05, 0.1) is 11.0 Å². The lowest BCUT2D eigenvalue weighted by molar-refractivity contribution is 0.445.